The van der Waals surface area contributed by atoms with E-state index in [0.29, 0.717) is 25.0 Å². The minimum atomic E-state index is -0.810. The number of aliphatic hydroxyl groups excluding tert-OH is 1. The highest BCUT2D eigenvalue weighted by molar-refractivity contribution is 6.76. The minimum absolute atomic E-state index is 0.136. The monoisotopic (exact) mass is 505 g/mol. The summed E-state index contributed by atoms with van der Waals surface area (Å²) < 4.78 is 5.20. The number of nitrogens with one attached hydrogen (secondary N) is 1. The molecule has 0 aliphatic rings. The van der Waals surface area contributed by atoms with Crippen LogP contribution in [0.25, 0.3) is 0 Å². The van der Waals surface area contributed by atoms with Crippen LogP contribution < -0.4 is 5.32 Å². The molecule has 4 nitrogen and oxygen atoms in total. The number of hydrogen-bond acceptors (Lipinski definition) is 4. The third-order valence-corrected chi connectivity index (χ3v) is 8.44. The van der Waals surface area contributed by atoms with Gasteiger partial charge in [-0.3, -0.25) is 0 Å². The van der Waals surface area contributed by atoms with Crippen LogP contribution in [0.4, 0.5) is 5.69 Å². The van der Waals surface area contributed by atoms with Gasteiger partial charge in [-0.1, -0.05) is 109 Å². The molecule has 2 N–H and O–H groups in total. The third-order valence-electron chi connectivity index (χ3n) is 6.59. The molecular weight excluding hydrogens is 450 g/mol. The topological polar surface area (TPSA) is 58.6 Å². The van der Waals surface area contributed by atoms with E-state index in [1.807, 2.05) is 24.3 Å². The molecule has 202 valence electrons. The van der Waals surface area contributed by atoms with Crippen molar-refractivity contribution in [2.24, 2.45) is 0 Å². The Morgan fingerprint density at radius 1 is 0.714 bits per heavy atom. The SMILES string of the molecule is C[Si](C)(C)CCCCCCCCCCCCCCCCNc1ccc(C(=O)OCCCCO)cc1. The molecule has 0 bridgehead atoms. The summed E-state index contributed by atoms with van der Waals surface area (Å²) in [6.45, 7) is 8.93. The number of carbonyl (C=O) groups excluding carboxylic acids is 1. The van der Waals surface area contributed by atoms with Crippen molar-refractivity contribution in [3.8, 4) is 0 Å². The first-order valence-electron chi connectivity index (χ1n) is 14.5. The fourth-order valence-corrected chi connectivity index (χ4v) is 5.63. The zero-order valence-electron chi connectivity index (χ0n) is 23.2. The molecule has 0 fully saturated rings. The molecule has 0 saturated heterocycles. The summed E-state index contributed by atoms with van der Waals surface area (Å²) in [5, 5.41) is 12.2. The summed E-state index contributed by atoms with van der Waals surface area (Å²) in [5.74, 6) is -0.294. The maximum Gasteiger partial charge on any atom is 0.338 e. The first-order chi connectivity index (χ1) is 16.9. The molecule has 0 aromatic heterocycles. The Balaban J connectivity index is 1.87. The molecule has 0 unspecified atom stereocenters. The van der Waals surface area contributed by atoms with Gasteiger partial charge in [0, 0.05) is 26.9 Å². The number of hydrogen-bond donors (Lipinski definition) is 2. The second-order valence-corrected chi connectivity index (χ2v) is 17.0. The van der Waals surface area contributed by atoms with Crippen LogP contribution in [-0.4, -0.2) is 38.9 Å². The molecular formula is C30H55NO3Si. The Labute approximate surface area is 217 Å². The Morgan fingerprint density at radius 3 is 1.69 bits per heavy atom. The van der Waals surface area contributed by atoms with E-state index in [2.05, 4.69) is 25.0 Å². The van der Waals surface area contributed by atoms with Crippen molar-refractivity contribution >= 4 is 19.7 Å². The van der Waals surface area contributed by atoms with Gasteiger partial charge in [0.15, 0.2) is 0 Å². The minimum Gasteiger partial charge on any atom is -0.462 e. The number of unbranched alkanes of at least 4 members (excludes halogenated alkanes) is 14. The van der Waals surface area contributed by atoms with Gasteiger partial charge >= 0.3 is 5.97 Å². The van der Waals surface area contributed by atoms with Crippen LogP contribution in [0.1, 0.15) is 113 Å². The van der Waals surface area contributed by atoms with Gasteiger partial charge in [0.05, 0.1) is 12.2 Å². The maximum atomic E-state index is 12.0. The Kier molecular flexibility index (Phi) is 18.9. The van der Waals surface area contributed by atoms with Crippen molar-refractivity contribution in [1.29, 1.82) is 0 Å². The Hall–Kier alpha value is -1.33. The van der Waals surface area contributed by atoms with E-state index in [1.54, 1.807) is 0 Å². The molecule has 1 aromatic rings. The highest BCUT2D eigenvalue weighted by atomic mass is 28.3. The van der Waals surface area contributed by atoms with Crippen molar-refractivity contribution in [3.63, 3.8) is 0 Å². The van der Waals surface area contributed by atoms with Crippen LogP contribution in [0, 0.1) is 0 Å². The van der Waals surface area contributed by atoms with Gasteiger partial charge in [0.25, 0.3) is 0 Å². The van der Waals surface area contributed by atoms with Crippen molar-refractivity contribution < 1.29 is 14.6 Å². The fourth-order valence-electron chi connectivity index (χ4n) is 4.32. The molecule has 0 aliphatic heterocycles. The van der Waals surface area contributed by atoms with Crippen molar-refractivity contribution in [1.82, 2.24) is 0 Å². The van der Waals surface area contributed by atoms with Crippen LogP contribution in [0.3, 0.4) is 0 Å². The number of ether oxygens (including phenoxy) is 1. The van der Waals surface area contributed by atoms with Crippen LogP contribution in [0.2, 0.25) is 25.7 Å². The van der Waals surface area contributed by atoms with Gasteiger partial charge in [-0.15, -0.1) is 0 Å². The van der Waals surface area contributed by atoms with Crippen LogP contribution in [0.15, 0.2) is 24.3 Å². The van der Waals surface area contributed by atoms with Crippen molar-refractivity contribution in [2.75, 3.05) is 25.1 Å². The van der Waals surface area contributed by atoms with Gasteiger partial charge in [0.1, 0.15) is 0 Å². The molecule has 0 saturated carbocycles. The predicted octanol–water partition coefficient (Wildman–Crippen LogP) is 8.83. The summed E-state index contributed by atoms with van der Waals surface area (Å²) in [4.78, 5) is 12.0. The highest BCUT2D eigenvalue weighted by Crippen LogP contribution is 2.17. The highest BCUT2D eigenvalue weighted by Gasteiger charge is 2.11. The average Bonchev–Trinajstić information content (AvgIpc) is 2.83. The predicted molar refractivity (Wildman–Crippen MR) is 154 cm³/mol. The lowest BCUT2D eigenvalue weighted by molar-refractivity contribution is 0.0492. The fraction of sp³-hybridized carbons (Fsp3) is 0.767. The summed E-state index contributed by atoms with van der Waals surface area (Å²) in [6, 6.07) is 9.01. The zero-order chi connectivity index (χ0) is 25.6. The number of anilines is 1. The van der Waals surface area contributed by atoms with Gasteiger partial charge in [-0.25, -0.2) is 4.79 Å². The lowest BCUT2D eigenvalue weighted by Crippen LogP contribution is -2.18. The summed E-state index contributed by atoms with van der Waals surface area (Å²) in [7, 11) is -0.810. The molecule has 1 rings (SSSR count). The van der Waals surface area contributed by atoms with E-state index in [4.69, 9.17) is 9.84 Å². The van der Waals surface area contributed by atoms with Crippen molar-refractivity contribution in [3.05, 3.63) is 29.8 Å². The largest absolute Gasteiger partial charge is 0.462 e. The van der Waals surface area contributed by atoms with E-state index >= 15 is 0 Å². The quantitative estimate of drug-likeness (QED) is 0.0886. The van der Waals surface area contributed by atoms with Gasteiger partial charge in [0.2, 0.25) is 0 Å². The van der Waals surface area contributed by atoms with Gasteiger partial charge < -0.3 is 15.2 Å². The second kappa shape index (κ2) is 20.8. The Bertz CT molecular complexity index is 627. The van der Waals surface area contributed by atoms with E-state index in [0.717, 1.165) is 12.2 Å². The summed E-state index contributed by atoms with van der Waals surface area (Å²) >= 11 is 0. The second-order valence-electron chi connectivity index (χ2n) is 11.3. The number of esters is 1. The average molecular weight is 506 g/mol. The molecule has 35 heavy (non-hydrogen) atoms. The number of rotatable bonds is 23. The molecule has 0 heterocycles. The first kappa shape index (κ1) is 31.7. The van der Waals surface area contributed by atoms with E-state index in [-0.39, 0.29) is 12.6 Å². The molecule has 0 radical (unpaired) electrons. The third kappa shape index (κ3) is 19.5. The molecule has 0 spiro atoms. The smallest absolute Gasteiger partial charge is 0.338 e. The lowest BCUT2D eigenvalue weighted by Gasteiger charge is -2.14. The van der Waals surface area contributed by atoms with Gasteiger partial charge in [-0.2, -0.15) is 0 Å². The molecule has 5 heteroatoms. The normalized spacial score (nSPS) is 11.5. The standard InChI is InChI=1S/C30H55NO3Si/c1-35(2,3)27-19-15-13-11-9-7-5-4-6-8-10-12-14-16-24-31-29-22-20-28(21-23-29)30(33)34-26-18-17-25-32/h20-23,31-32H,4-19,24-27H2,1-3H3. The number of carbonyl (C=O) groups is 1. The van der Waals surface area contributed by atoms with Crippen molar-refractivity contribution in [2.45, 2.75) is 128 Å². The van der Waals surface area contributed by atoms with E-state index < -0.39 is 8.07 Å². The van der Waals surface area contributed by atoms with E-state index in [9.17, 15) is 4.79 Å². The van der Waals surface area contributed by atoms with Crippen LogP contribution in [0.5, 0.6) is 0 Å². The molecule has 0 atom stereocenters. The summed E-state index contributed by atoms with van der Waals surface area (Å²) in [5.41, 5.74) is 1.63. The zero-order valence-corrected chi connectivity index (χ0v) is 24.2. The Morgan fingerprint density at radius 2 is 1.20 bits per heavy atom. The van der Waals surface area contributed by atoms with E-state index in [1.165, 1.54) is 95.9 Å². The van der Waals surface area contributed by atoms with Gasteiger partial charge in [-0.05, 0) is 43.5 Å². The molecule has 0 aliphatic carbocycles. The summed E-state index contributed by atoms with van der Waals surface area (Å²) in [6.07, 6.45) is 20.9. The van der Waals surface area contributed by atoms with Crippen LogP contribution >= 0.6 is 0 Å². The molecule has 0 amide bonds. The lowest BCUT2D eigenvalue weighted by atomic mass is 10.0. The first-order valence-corrected chi connectivity index (χ1v) is 18.2. The maximum absolute atomic E-state index is 12.0. The molecule has 1 aromatic carbocycles. The van der Waals surface area contributed by atoms with Crippen LogP contribution in [-0.2, 0) is 4.74 Å². The number of benzene rings is 1. The number of aliphatic hydroxyl groups is 1.